The third-order valence-electron chi connectivity index (χ3n) is 5.30. The van der Waals surface area contributed by atoms with Crippen LogP contribution in [0, 0.1) is 6.92 Å². The van der Waals surface area contributed by atoms with Crippen LogP contribution in [-0.2, 0) is 14.8 Å². The fourth-order valence-electron chi connectivity index (χ4n) is 3.65. The minimum atomic E-state index is -4.16. The number of hydrogen-bond donors (Lipinski definition) is 2. The van der Waals surface area contributed by atoms with Crippen molar-refractivity contribution in [1.29, 1.82) is 0 Å². The molecule has 3 heterocycles. The SMILES string of the molecule is Cc1cccc2c1S(=O)(=O)N(CC(=O)N[C@H](C)c1cc3c(cn1)OCCN3C)C(=O)N2. The Morgan fingerprint density at radius 1 is 1.39 bits per heavy atom. The Labute approximate surface area is 180 Å². The van der Waals surface area contributed by atoms with E-state index in [4.69, 9.17) is 4.74 Å². The van der Waals surface area contributed by atoms with Crippen LogP contribution in [0.25, 0.3) is 0 Å². The van der Waals surface area contributed by atoms with E-state index < -0.39 is 34.5 Å². The highest BCUT2D eigenvalue weighted by molar-refractivity contribution is 7.90. The topological polar surface area (TPSA) is 121 Å². The highest BCUT2D eigenvalue weighted by atomic mass is 32.2. The monoisotopic (exact) mass is 445 g/mol. The third-order valence-corrected chi connectivity index (χ3v) is 7.23. The van der Waals surface area contributed by atoms with E-state index in [2.05, 4.69) is 15.6 Å². The molecule has 0 saturated carbocycles. The number of hydrogen-bond acceptors (Lipinski definition) is 7. The summed E-state index contributed by atoms with van der Waals surface area (Å²) in [6.45, 7) is 4.04. The van der Waals surface area contributed by atoms with Gasteiger partial charge >= 0.3 is 6.03 Å². The molecule has 2 aliphatic heterocycles. The zero-order valence-electron chi connectivity index (χ0n) is 17.4. The van der Waals surface area contributed by atoms with Gasteiger partial charge in [0.05, 0.1) is 35.9 Å². The van der Waals surface area contributed by atoms with Crippen molar-refractivity contribution in [1.82, 2.24) is 14.6 Å². The number of fused-ring (bicyclic) bond motifs is 2. The smallest absolute Gasteiger partial charge is 0.336 e. The number of pyridine rings is 1. The van der Waals surface area contributed by atoms with Crippen LogP contribution in [0.1, 0.15) is 24.2 Å². The molecule has 10 nitrogen and oxygen atoms in total. The molecule has 0 aliphatic carbocycles. The molecule has 0 fully saturated rings. The lowest BCUT2D eigenvalue weighted by Crippen LogP contribution is -2.49. The van der Waals surface area contributed by atoms with Crippen molar-refractivity contribution < 1.29 is 22.7 Å². The van der Waals surface area contributed by atoms with Crippen LogP contribution >= 0.6 is 0 Å². The zero-order chi connectivity index (χ0) is 22.3. The summed E-state index contributed by atoms with van der Waals surface area (Å²) in [7, 11) is -2.22. The van der Waals surface area contributed by atoms with Gasteiger partial charge in [-0.15, -0.1) is 0 Å². The molecule has 4 rings (SSSR count). The first-order valence-electron chi connectivity index (χ1n) is 9.75. The average Bonchev–Trinajstić information content (AvgIpc) is 2.71. The van der Waals surface area contributed by atoms with Crippen LogP contribution in [0.3, 0.4) is 0 Å². The van der Waals surface area contributed by atoms with Gasteiger partial charge in [-0.05, 0) is 31.5 Å². The summed E-state index contributed by atoms with van der Waals surface area (Å²) in [6, 6.07) is 5.26. The van der Waals surface area contributed by atoms with Crippen molar-refractivity contribution in [2.24, 2.45) is 0 Å². The molecule has 164 valence electrons. The molecule has 3 amide bonds. The lowest BCUT2D eigenvalue weighted by Gasteiger charge is -2.30. The minimum Gasteiger partial charge on any atom is -0.488 e. The fourth-order valence-corrected chi connectivity index (χ4v) is 5.29. The maximum atomic E-state index is 13.0. The number of rotatable bonds is 4. The van der Waals surface area contributed by atoms with Gasteiger partial charge in [-0.25, -0.2) is 17.5 Å². The Morgan fingerprint density at radius 2 is 2.16 bits per heavy atom. The normalized spacial score (nSPS) is 17.7. The van der Waals surface area contributed by atoms with Gasteiger partial charge in [0.25, 0.3) is 10.0 Å². The van der Waals surface area contributed by atoms with Crippen LogP contribution in [0.2, 0.25) is 0 Å². The van der Waals surface area contributed by atoms with E-state index in [1.165, 1.54) is 6.07 Å². The molecule has 0 radical (unpaired) electrons. The van der Waals surface area contributed by atoms with Crippen molar-refractivity contribution in [3.63, 3.8) is 0 Å². The standard InChI is InChI=1S/C20H23N5O5S/c1-12-5-4-6-14-19(12)31(28,29)25(20(27)23-14)11-18(26)22-13(2)15-9-16-17(10-21-15)30-8-7-24(16)3/h4-6,9-10,13H,7-8,11H2,1-3H3,(H,22,26)(H,23,27)/t13-/m1/s1. The summed E-state index contributed by atoms with van der Waals surface area (Å²) >= 11 is 0. The number of urea groups is 1. The average molecular weight is 446 g/mol. The van der Waals surface area contributed by atoms with Gasteiger partial charge in [0, 0.05) is 7.05 Å². The van der Waals surface area contributed by atoms with Gasteiger partial charge in [-0.2, -0.15) is 0 Å². The number of benzene rings is 1. The Bertz CT molecular complexity index is 1170. The van der Waals surface area contributed by atoms with Crippen molar-refractivity contribution in [2.45, 2.75) is 24.8 Å². The highest BCUT2D eigenvalue weighted by Gasteiger charge is 2.39. The number of aromatic nitrogens is 1. The van der Waals surface area contributed by atoms with Gasteiger partial charge in [-0.3, -0.25) is 9.78 Å². The second-order valence-electron chi connectivity index (χ2n) is 7.53. The van der Waals surface area contributed by atoms with E-state index >= 15 is 0 Å². The Morgan fingerprint density at radius 3 is 2.94 bits per heavy atom. The van der Waals surface area contributed by atoms with Gasteiger partial charge in [0.1, 0.15) is 18.0 Å². The quantitative estimate of drug-likeness (QED) is 0.734. The summed E-state index contributed by atoms with van der Waals surface area (Å²) in [6.07, 6.45) is 1.60. The molecule has 2 N–H and O–H groups in total. The number of nitrogens with one attached hydrogen (secondary N) is 2. The second kappa shape index (κ2) is 7.73. The molecule has 2 aliphatic rings. The lowest BCUT2D eigenvalue weighted by atomic mass is 10.1. The Kier molecular flexibility index (Phi) is 5.21. The summed E-state index contributed by atoms with van der Waals surface area (Å²) in [5.41, 5.74) is 2.15. The summed E-state index contributed by atoms with van der Waals surface area (Å²) in [5.74, 6) is 0.0496. The molecule has 11 heteroatoms. The number of sulfonamides is 1. The first kappa shape index (κ1) is 20.9. The molecule has 1 atom stereocenters. The van der Waals surface area contributed by atoms with E-state index in [9.17, 15) is 18.0 Å². The largest absolute Gasteiger partial charge is 0.488 e. The number of anilines is 2. The molecule has 0 spiro atoms. The zero-order valence-corrected chi connectivity index (χ0v) is 18.2. The van der Waals surface area contributed by atoms with Crippen LogP contribution in [0.5, 0.6) is 5.75 Å². The molecular weight excluding hydrogens is 422 g/mol. The third kappa shape index (κ3) is 3.76. The van der Waals surface area contributed by atoms with Crippen molar-refractivity contribution in [3.8, 4) is 5.75 Å². The van der Waals surface area contributed by atoms with Gasteiger partial charge in [0.15, 0.2) is 5.75 Å². The summed E-state index contributed by atoms with van der Waals surface area (Å²) in [5, 5.41) is 5.25. The van der Waals surface area contributed by atoms with E-state index in [1.807, 2.05) is 18.0 Å². The number of ether oxygens (including phenoxy) is 1. The Balaban J connectivity index is 1.51. The molecule has 1 aromatic carbocycles. The van der Waals surface area contributed by atoms with Crippen LogP contribution < -0.4 is 20.3 Å². The molecule has 0 saturated heterocycles. The number of amides is 3. The molecular formula is C20H23N5O5S. The minimum absolute atomic E-state index is 0.00478. The first-order chi connectivity index (χ1) is 14.7. The number of carbonyl (C=O) groups is 2. The molecule has 0 bridgehead atoms. The molecule has 31 heavy (non-hydrogen) atoms. The second-order valence-corrected chi connectivity index (χ2v) is 9.33. The predicted molar refractivity (Wildman–Crippen MR) is 114 cm³/mol. The number of carbonyl (C=O) groups excluding carboxylic acids is 2. The maximum Gasteiger partial charge on any atom is 0.336 e. The van der Waals surface area contributed by atoms with E-state index in [0.29, 0.717) is 27.9 Å². The van der Waals surface area contributed by atoms with Crippen LogP contribution in [0.15, 0.2) is 35.4 Å². The fraction of sp³-hybridized carbons (Fsp3) is 0.350. The Hall–Kier alpha value is -3.34. The summed E-state index contributed by atoms with van der Waals surface area (Å²) < 4.78 is 32.1. The van der Waals surface area contributed by atoms with E-state index in [1.54, 1.807) is 32.2 Å². The molecule has 1 aromatic heterocycles. The van der Waals surface area contributed by atoms with Gasteiger partial charge in [0.2, 0.25) is 5.91 Å². The van der Waals surface area contributed by atoms with Gasteiger partial charge in [-0.1, -0.05) is 12.1 Å². The first-order valence-corrected chi connectivity index (χ1v) is 11.2. The summed E-state index contributed by atoms with van der Waals surface area (Å²) in [4.78, 5) is 31.4. The van der Waals surface area contributed by atoms with Crippen molar-refractivity contribution in [2.75, 3.05) is 37.0 Å². The molecule has 2 aromatic rings. The molecule has 0 unspecified atom stereocenters. The van der Waals surface area contributed by atoms with E-state index in [-0.39, 0.29) is 10.6 Å². The van der Waals surface area contributed by atoms with Crippen LogP contribution in [-0.4, -0.2) is 56.4 Å². The number of nitrogens with zero attached hydrogens (tertiary/aromatic N) is 3. The lowest BCUT2D eigenvalue weighted by molar-refractivity contribution is -0.121. The maximum absolute atomic E-state index is 13.0. The van der Waals surface area contributed by atoms with Crippen molar-refractivity contribution in [3.05, 3.63) is 41.7 Å². The van der Waals surface area contributed by atoms with Gasteiger partial charge < -0.3 is 20.3 Å². The van der Waals surface area contributed by atoms with E-state index in [0.717, 1.165) is 12.2 Å². The number of likely N-dealkylation sites (N-methyl/N-ethyl adjacent to an activating group) is 1. The number of aryl methyl sites for hydroxylation is 1. The van der Waals surface area contributed by atoms with Crippen molar-refractivity contribution >= 4 is 33.3 Å². The highest BCUT2D eigenvalue weighted by Crippen LogP contribution is 2.33. The van der Waals surface area contributed by atoms with Crippen LogP contribution in [0.4, 0.5) is 16.2 Å². The predicted octanol–water partition coefficient (Wildman–Crippen LogP) is 1.63.